The van der Waals surface area contributed by atoms with E-state index in [1.807, 2.05) is 30.0 Å². The van der Waals surface area contributed by atoms with Gasteiger partial charge in [-0.1, -0.05) is 39.3 Å². The van der Waals surface area contributed by atoms with Crippen LogP contribution < -0.4 is 5.73 Å². The molecule has 0 aliphatic carbocycles. The van der Waals surface area contributed by atoms with E-state index in [2.05, 4.69) is 27.7 Å². The van der Waals surface area contributed by atoms with E-state index in [0.29, 0.717) is 17.2 Å². The first kappa shape index (κ1) is 16.5. The summed E-state index contributed by atoms with van der Waals surface area (Å²) in [5.41, 5.74) is 8.27. The van der Waals surface area contributed by atoms with Crippen molar-refractivity contribution in [3.05, 3.63) is 29.3 Å². The van der Waals surface area contributed by atoms with E-state index < -0.39 is 0 Å². The molecular formula is C17H28N2O. The molecule has 0 heterocycles. The number of aryl methyl sites for hydroxylation is 1. The summed E-state index contributed by atoms with van der Waals surface area (Å²) in [6.07, 6.45) is 1.95. The summed E-state index contributed by atoms with van der Waals surface area (Å²) in [5.74, 6) is 0.513. The first-order chi connectivity index (χ1) is 9.40. The number of nitrogens with zero attached hydrogens (tertiary/aromatic N) is 1. The Morgan fingerprint density at radius 1 is 1.25 bits per heavy atom. The monoisotopic (exact) mass is 276 g/mol. The van der Waals surface area contributed by atoms with Gasteiger partial charge in [0.05, 0.1) is 5.56 Å². The molecule has 0 aliphatic rings. The van der Waals surface area contributed by atoms with Crippen molar-refractivity contribution in [3.8, 4) is 0 Å². The van der Waals surface area contributed by atoms with Gasteiger partial charge < -0.3 is 10.6 Å². The molecule has 0 aromatic heterocycles. The van der Waals surface area contributed by atoms with Gasteiger partial charge in [0.2, 0.25) is 0 Å². The number of benzene rings is 1. The maximum Gasteiger partial charge on any atom is 0.256 e. The predicted molar refractivity (Wildman–Crippen MR) is 85.8 cm³/mol. The molecule has 0 atom stereocenters. The lowest BCUT2D eigenvalue weighted by atomic mass is 10.0. The van der Waals surface area contributed by atoms with Crippen molar-refractivity contribution in [1.29, 1.82) is 0 Å². The van der Waals surface area contributed by atoms with E-state index in [4.69, 9.17) is 5.73 Å². The van der Waals surface area contributed by atoms with Gasteiger partial charge in [-0.3, -0.25) is 4.79 Å². The normalized spacial score (nSPS) is 11.2. The molecule has 0 radical (unpaired) electrons. The lowest BCUT2D eigenvalue weighted by Crippen LogP contribution is -2.42. The molecule has 0 saturated carbocycles. The van der Waals surface area contributed by atoms with Crippen molar-refractivity contribution in [3.63, 3.8) is 0 Å². The van der Waals surface area contributed by atoms with Crippen molar-refractivity contribution in [2.75, 3.05) is 12.3 Å². The van der Waals surface area contributed by atoms with E-state index in [0.717, 1.165) is 24.9 Å². The number of rotatable bonds is 6. The average Bonchev–Trinajstić information content (AvgIpc) is 2.40. The molecule has 0 fully saturated rings. The Hall–Kier alpha value is -1.51. The third-order valence-electron chi connectivity index (χ3n) is 3.65. The smallest absolute Gasteiger partial charge is 0.256 e. The molecule has 0 unspecified atom stereocenters. The quantitative estimate of drug-likeness (QED) is 0.802. The molecule has 112 valence electrons. The third-order valence-corrected chi connectivity index (χ3v) is 3.65. The Morgan fingerprint density at radius 2 is 1.85 bits per heavy atom. The maximum absolute atomic E-state index is 12.9. The highest BCUT2D eigenvalue weighted by Gasteiger charge is 2.24. The highest BCUT2D eigenvalue weighted by atomic mass is 16.2. The maximum atomic E-state index is 12.9. The van der Waals surface area contributed by atoms with Crippen LogP contribution in [0.4, 0.5) is 5.69 Å². The second-order valence-corrected chi connectivity index (χ2v) is 5.91. The minimum Gasteiger partial charge on any atom is -0.398 e. The van der Waals surface area contributed by atoms with Crippen LogP contribution in [0.25, 0.3) is 0 Å². The lowest BCUT2D eigenvalue weighted by Gasteiger charge is -2.32. The first-order valence-electron chi connectivity index (χ1n) is 7.57. The van der Waals surface area contributed by atoms with Gasteiger partial charge in [0.25, 0.3) is 5.91 Å². The number of hydrogen-bond acceptors (Lipinski definition) is 2. The molecule has 20 heavy (non-hydrogen) atoms. The van der Waals surface area contributed by atoms with Gasteiger partial charge in [0.1, 0.15) is 0 Å². The van der Waals surface area contributed by atoms with Crippen molar-refractivity contribution in [2.45, 2.75) is 53.5 Å². The van der Waals surface area contributed by atoms with Crippen molar-refractivity contribution < 1.29 is 4.79 Å². The van der Waals surface area contributed by atoms with Crippen LogP contribution in [0.1, 0.15) is 56.5 Å². The van der Waals surface area contributed by atoms with Gasteiger partial charge in [-0.05, 0) is 37.8 Å². The molecule has 0 aliphatic heterocycles. The number of anilines is 1. The summed E-state index contributed by atoms with van der Waals surface area (Å²) in [5, 5.41) is 0. The molecule has 1 rings (SSSR count). The molecule has 3 heteroatoms. The van der Waals surface area contributed by atoms with Gasteiger partial charge >= 0.3 is 0 Å². The molecule has 0 bridgehead atoms. The predicted octanol–water partition coefficient (Wildman–Crippen LogP) is 3.86. The average molecular weight is 276 g/mol. The fourth-order valence-corrected chi connectivity index (χ4v) is 2.53. The SMILES string of the molecule is CCC(CC)N(CC(C)C)C(=O)c1cc(C)ccc1N. The Labute approximate surface area is 123 Å². The Bertz CT molecular complexity index is 450. The Morgan fingerprint density at radius 3 is 2.35 bits per heavy atom. The largest absolute Gasteiger partial charge is 0.398 e. The van der Waals surface area contributed by atoms with Crippen molar-refractivity contribution in [1.82, 2.24) is 4.90 Å². The second-order valence-electron chi connectivity index (χ2n) is 5.91. The molecule has 3 nitrogen and oxygen atoms in total. The van der Waals surface area contributed by atoms with E-state index in [-0.39, 0.29) is 11.9 Å². The summed E-state index contributed by atoms with van der Waals surface area (Å²) in [4.78, 5) is 14.9. The summed E-state index contributed by atoms with van der Waals surface area (Å²) in [7, 11) is 0. The summed E-state index contributed by atoms with van der Waals surface area (Å²) in [6, 6.07) is 5.94. The van der Waals surface area contributed by atoms with E-state index in [1.54, 1.807) is 0 Å². The van der Waals surface area contributed by atoms with E-state index in [9.17, 15) is 4.79 Å². The van der Waals surface area contributed by atoms with Crippen LogP contribution in [0.3, 0.4) is 0 Å². The van der Waals surface area contributed by atoms with Crippen LogP contribution in [0.5, 0.6) is 0 Å². The first-order valence-corrected chi connectivity index (χ1v) is 7.57. The zero-order valence-corrected chi connectivity index (χ0v) is 13.4. The lowest BCUT2D eigenvalue weighted by molar-refractivity contribution is 0.0641. The standard InChI is InChI=1S/C17H28N2O/c1-6-14(7-2)19(11-12(3)4)17(20)15-10-13(5)8-9-16(15)18/h8-10,12,14H,6-7,11,18H2,1-5H3. The molecule has 1 amide bonds. The Kier molecular flexibility index (Phi) is 6.05. The molecule has 1 aromatic carbocycles. The molecule has 0 saturated heterocycles. The molecule has 2 N–H and O–H groups in total. The molecular weight excluding hydrogens is 248 g/mol. The van der Waals surface area contributed by atoms with Crippen molar-refractivity contribution in [2.24, 2.45) is 5.92 Å². The fourth-order valence-electron chi connectivity index (χ4n) is 2.53. The number of hydrogen-bond donors (Lipinski definition) is 1. The fraction of sp³-hybridized carbons (Fsp3) is 0.588. The minimum absolute atomic E-state index is 0.0635. The van der Waals surface area contributed by atoms with Crippen LogP contribution in [0.15, 0.2) is 18.2 Å². The number of carbonyl (C=O) groups is 1. The van der Waals surface area contributed by atoms with Crippen LogP contribution in [0, 0.1) is 12.8 Å². The minimum atomic E-state index is 0.0635. The Balaban J connectivity index is 3.12. The van der Waals surface area contributed by atoms with Crippen LogP contribution >= 0.6 is 0 Å². The van der Waals surface area contributed by atoms with Gasteiger partial charge in [-0.2, -0.15) is 0 Å². The van der Waals surface area contributed by atoms with Crippen LogP contribution in [-0.2, 0) is 0 Å². The van der Waals surface area contributed by atoms with E-state index in [1.165, 1.54) is 0 Å². The number of carbonyl (C=O) groups excluding carboxylic acids is 1. The van der Waals surface area contributed by atoms with E-state index >= 15 is 0 Å². The van der Waals surface area contributed by atoms with Gasteiger partial charge in [0.15, 0.2) is 0 Å². The van der Waals surface area contributed by atoms with Gasteiger partial charge in [0, 0.05) is 18.3 Å². The van der Waals surface area contributed by atoms with Crippen molar-refractivity contribution >= 4 is 11.6 Å². The zero-order valence-electron chi connectivity index (χ0n) is 13.4. The topological polar surface area (TPSA) is 46.3 Å². The summed E-state index contributed by atoms with van der Waals surface area (Å²) < 4.78 is 0. The molecule has 1 aromatic rings. The highest BCUT2D eigenvalue weighted by molar-refractivity contribution is 5.99. The summed E-state index contributed by atoms with van der Waals surface area (Å²) >= 11 is 0. The van der Waals surface area contributed by atoms with Gasteiger partial charge in [-0.25, -0.2) is 0 Å². The third kappa shape index (κ3) is 3.99. The number of amides is 1. The highest BCUT2D eigenvalue weighted by Crippen LogP contribution is 2.20. The van der Waals surface area contributed by atoms with Crippen LogP contribution in [0.2, 0.25) is 0 Å². The number of nitrogens with two attached hydrogens (primary N) is 1. The molecule has 0 spiro atoms. The second kappa shape index (κ2) is 7.32. The zero-order chi connectivity index (χ0) is 15.3. The number of nitrogen functional groups attached to an aromatic ring is 1. The van der Waals surface area contributed by atoms with Crippen LogP contribution in [-0.4, -0.2) is 23.4 Å². The summed E-state index contributed by atoms with van der Waals surface area (Å²) in [6.45, 7) is 11.3. The van der Waals surface area contributed by atoms with Gasteiger partial charge in [-0.15, -0.1) is 0 Å².